The largest absolute Gasteiger partial charge is 0.391 e. The Kier molecular flexibility index (Phi) is 3.53. The molecule has 1 unspecified atom stereocenters. The molecule has 2 rings (SSSR count). The number of amides is 1. The third kappa shape index (κ3) is 3.08. The summed E-state index contributed by atoms with van der Waals surface area (Å²) in [6.07, 6.45) is 4.40. The van der Waals surface area contributed by atoms with Crippen molar-refractivity contribution in [2.45, 2.75) is 26.9 Å². The number of rotatable bonds is 3. The second-order valence-electron chi connectivity index (χ2n) is 5.54. The molecule has 6 nitrogen and oxygen atoms in total. The lowest BCUT2D eigenvalue weighted by Gasteiger charge is -2.25. The summed E-state index contributed by atoms with van der Waals surface area (Å²) >= 11 is 0. The molecule has 2 aromatic heterocycles. The zero-order valence-electron chi connectivity index (χ0n) is 11.3. The Bertz CT molecular complexity index is 553. The third-order valence-electron chi connectivity index (χ3n) is 2.92. The highest BCUT2D eigenvalue weighted by molar-refractivity contribution is 5.92. The van der Waals surface area contributed by atoms with Crippen LogP contribution in [0, 0.1) is 5.41 Å². The molecular formula is C13H18N4O2. The van der Waals surface area contributed by atoms with Crippen LogP contribution in [0.4, 0.5) is 0 Å². The molecule has 2 N–H and O–H groups in total. The lowest BCUT2D eigenvalue weighted by Crippen LogP contribution is -2.39. The second-order valence-corrected chi connectivity index (χ2v) is 5.54. The fourth-order valence-corrected chi connectivity index (χ4v) is 1.53. The Morgan fingerprint density at radius 1 is 1.53 bits per heavy atom. The standard InChI is InChI=1S/C13H18N4O2/c1-13(2,3)10(18)7-15-11(19)9-8-17-6-4-5-14-12(17)16-9/h4-6,8,10,18H,7H2,1-3H3,(H,15,19). The van der Waals surface area contributed by atoms with Gasteiger partial charge in [-0.25, -0.2) is 9.97 Å². The Morgan fingerprint density at radius 3 is 2.89 bits per heavy atom. The van der Waals surface area contributed by atoms with E-state index in [4.69, 9.17) is 0 Å². The minimum absolute atomic E-state index is 0.198. The van der Waals surface area contributed by atoms with Gasteiger partial charge < -0.3 is 10.4 Å². The van der Waals surface area contributed by atoms with Crippen molar-refractivity contribution in [3.8, 4) is 0 Å². The first-order valence-corrected chi connectivity index (χ1v) is 6.14. The molecule has 0 spiro atoms. The molecule has 1 atom stereocenters. The van der Waals surface area contributed by atoms with Gasteiger partial charge in [0.15, 0.2) is 0 Å². The fourth-order valence-electron chi connectivity index (χ4n) is 1.53. The first kappa shape index (κ1) is 13.5. The Balaban J connectivity index is 2.04. The van der Waals surface area contributed by atoms with Crippen molar-refractivity contribution in [3.05, 3.63) is 30.4 Å². The smallest absolute Gasteiger partial charge is 0.271 e. The van der Waals surface area contributed by atoms with E-state index >= 15 is 0 Å². The van der Waals surface area contributed by atoms with Crippen molar-refractivity contribution in [2.24, 2.45) is 5.41 Å². The van der Waals surface area contributed by atoms with E-state index in [1.807, 2.05) is 20.8 Å². The second kappa shape index (κ2) is 4.97. The number of hydrogen-bond acceptors (Lipinski definition) is 4. The van der Waals surface area contributed by atoms with Crippen LogP contribution in [-0.4, -0.2) is 38.0 Å². The Hall–Kier alpha value is -1.95. The molecule has 0 saturated carbocycles. The van der Waals surface area contributed by atoms with Gasteiger partial charge in [-0.1, -0.05) is 20.8 Å². The molecule has 2 aromatic rings. The molecule has 1 amide bonds. The van der Waals surface area contributed by atoms with E-state index in [-0.39, 0.29) is 17.9 Å². The van der Waals surface area contributed by atoms with Crippen molar-refractivity contribution in [1.82, 2.24) is 19.7 Å². The van der Waals surface area contributed by atoms with Gasteiger partial charge in [0.05, 0.1) is 6.10 Å². The van der Waals surface area contributed by atoms with Gasteiger partial charge in [-0.2, -0.15) is 0 Å². The molecular weight excluding hydrogens is 244 g/mol. The average Bonchev–Trinajstić information content (AvgIpc) is 2.78. The van der Waals surface area contributed by atoms with E-state index < -0.39 is 6.10 Å². The summed E-state index contributed by atoms with van der Waals surface area (Å²) in [5, 5.41) is 12.5. The number of aliphatic hydroxyl groups is 1. The molecule has 6 heteroatoms. The van der Waals surface area contributed by atoms with Gasteiger partial charge in [0.25, 0.3) is 5.91 Å². The van der Waals surface area contributed by atoms with E-state index in [9.17, 15) is 9.90 Å². The lowest BCUT2D eigenvalue weighted by molar-refractivity contribution is 0.0585. The van der Waals surface area contributed by atoms with Crippen molar-refractivity contribution in [2.75, 3.05) is 6.54 Å². The number of nitrogens with one attached hydrogen (secondary N) is 1. The third-order valence-corrected chi connectivity index (χ3v) is 2.92. The van der Waals surface area contributed by atoms with Crippen molar-refractivity contribution < 1.29 is 9.90 Å². The van der Waals surface area contributed by atoms with Gasteiger partial charge in [-0.3, -0.25) is 9.20 Å². The minimum atomic E-state index is -0.605. The highest BCUT2D eigenvalue weighted by Crippen LogP contribution is 2.18. The maximum absolute atomic E-state index is 11.9. The van der Waals surface area contributed by atoms with E-state index in [0.29, 0.717) is 11.5 Å². The van der Waals surface area contributed by atoms with Crippen molar-refractivity contribution in [1.29, 1.82) is 0 Å². The lowest BCUT2D eigenvalue weighted by atomic mass is 9.89. The van der Waals surface area contributed by atoms with Crippen LogP contribution in [0.5, 0.6) is 0 Å². The van der Waals surface area contributed by atoms with Crippen LogP contribution in [0.2, 0.25) is 0 Å². The number of imidazole rings is 1. The van der Waals surface area contributed by atoms with Gasteiger partial charge in [0, 0.05) is 25.1 Å². The first-order valence-electron chi connectivity index (χ1n) is 6.14. The van der Waals surface area contributed by atoms with Crippen LogP contribution in [0.1, 0.15) is 31.3 Å². The SMILES string of the molecule is CC(C)(C)C(O)CNC(=O)c1cn2cccnc2n1. The van der Waals surface area contributed by atoms with Crippen LogP contribution >= 0.6 is 0 Å². The zero-order valence-corrected chi connectivity index (χ0v) is 11.3. The summed E-state index contributed by atoms with van der Waals surface area (Å²) in [6.45, 7) is 5.94. The molecule has 0 radical (unpaired) electrons. The molecule has 0 aliphatic rings. The van der Waals surface area contributed by atoms with E-state index in [1.165, 1.54) is 0 Å². The maximum atomic E-state index is 11.9. The maximum Gasteiger partial charge on any atom is 0.271 e. The average molecular weight is 262 g/mol. The van der Waals surface area contributed by atoms with E-state index in [2.05, 4.69) is 15.3 Å². The van der Waals surface area contributed by atoms with E-state index in [1.54, 1.807) is 29.1 Å². The van der Waals surface area contributed by atoms with Gasteiger partial charge in [0.1, 0.15) is 5.69 Å². The van der Waals surface area contributed by atoms with Crippen LogP contribution in [0.25, 0.3) is 5.78 Å². The Labute approximate surface area is 111 Å². The zero-order chi connectivity index (χ0) is 14.0. The number of carbonyl (C=O) groups is 1. The topological polar surface area (TPSA) is 79.5 Å². The fraction of sp³-hybridized carbons (Fsp3) is 0.462. The Morgan fingerprint density at radius 2 is 2.26 bits per heavy atom. The quantitative estimate of drug-likeness (QED) is 0.860. The van der Waals surface area contributed by atoms with Crippen LogP contribution < -0.4 is 5.32 Å². The van der Waals surface area contributed by atoms with Gasteiger partial charge in [-0.15, -0.1) is 0 Å². The molecule has 19 heavy (non-hydrogen) atoms. The van der Waals surface area contributed by atoms with E-state index in [0.717, 1.165) is 0 Å². The van der Waals surface area contributed by atoms with Crippen molar-refractivity contribution in [3.63, 3.8) is 0 Å². The number of aromatic nitrogens is 3. The number of fused-ring (bicyclic) bond motifs is 1. The number of aliphatic hydroxyl groups excluding tert-OH is 1. The summed E-state index contributed by atoms with van der Waals surface area (Å²) in [5.74, 6) is 0.165. The van der Waals surface area contributed by atoms with Crippen LogP contribution in [0.15, 0.2) is 24.7 Å². The van der Waals surface area contributed by atoms with Gasteiger partial charge >= 0.3 is 0 Å². The molecule has 0 fully saturated rings. The molecule has 102 valence electrons. The van der Waals surface area contributed by atoms with Crippen LogP contribution in [0.3, 0.4) is 0 Å². The molecule has 0 saturated heterocycles. The molecule has 0 aliphatic carbocycles. The number of carbonyl (C=O) groups excluding carboxylic acids is 1. The summed E-state index contributed by atoms with van der Waals surface area (Å²) in [7, 11) is 0. The molecule has 0 aliphatic heterocycles. The normalized spacial score (nSPS) is 13.5. The first-order chi connectivity index (χ1) is 8.88. The predicted octanol–water partition coefficient (Wildman–Crippen LogP) is 0.866. The highest BCUT2D eigenvalue weighted by Gasteiger charge is 2.23. The van der Waals surface area contributed by atoms with Gasteiger partial charge in [0.2, 0.25) is 5.78 Å². The van der Waals surface area contributed by atoms with Gasteiger partial charge in [-0.05, 0) is 11.5 Å². The summed E-state index contributed by atoms with van der Waals surface area (Å²) in [4.78, 5) is 20.1. The highest BCUT2D eigenvalue weighted by atomic mass is 16.3. The summed E-state index contributed by atoms with van der Waals surface area (Å²) < 4.78 is 1.68. The number of nitrogens with zero attached hydrogens (tertiary/aromatic N) is 3. The summed E-state index contributed by atoms with van der Waals surface area (Å²) in [6, 6.07) is 1.76. The predicted molar refractivity (Wildman–Crippen MR) is 70.8 cm³/mol. The van der Waals surface area contributed by atoms with Crippen LogP contribution in [-0.2, 0) is 0 Å². The monoisotopic (exact) mass is 262 g/mol. The molecule has 0 bridgehead atoms. The molecule has 0 aromatic carbocycles. The summed E-state index contributed by atoms with van der Waals surface area (Å²) in [5.41, 5.74) is 0.0214. The van der Waals surface area contributed by atoms with Crippen molar-refractivity contribution >= 4 is 11.7 Å². The minimum Gasteiger partial charge on any atom is -0.391 e. The number of hydrogen-bond donors (Lipinski definition) is 2. The molecule has 2 heterocycles.